The van der Waals surface area contributed by atoms with Gasteiger partial charge in [-0.2, -0.15) is 0 Å². The van der Waals surface area contributed by atoms with E-state index in [9.17, 15) is 9.18 Å². The molecule has 1 N–H and O–H groups in total. The summed E-state index contributed by atoms with van der Waals surface area (Å²) in [4.78, 5) is 17.3. The quantitative estimate of drug-likeness (QED) is 0.859. The van der Waals surface area contributed by atoms with Crippen LogP contribution in [0.2, 0.25) is 0 Å². The number of carbonyl (C=O) groups is 1. The number of nitrogens with zero attached hydrogens (tertiary/aromatic N) is 2. The van der Waals surface area contributed by atoms with Gasteiger partial charge in [0, 0.05) is 24.2 Å². The van der Waals surface area contributed by atoms with Gasteiger partial charge in [-0.15, -0.1) is 0 Å². The minimum atomic E-state index is -0.191. The van der Waals surface area contributed by atoms with E-state index in [1.165, 1.54) is 18.9 Å². The van der Waals surface area contributed by atoms with Crippen molar-refractivity contribution in [2.45, 2.75) is 57.7 Å². The van der Waals surface area contributed by atoms with E-state index in [0.717, 1.165) is 32.5 Å². The SMILES string of the molecule is CC(C)(CNC(=O)C1CCCN1Cc1ccccc1F)N1CCCC1. The van der Waals surface area contributed by atoms with Crippen molar-refractivity contribution in [2.75, 3.05) is 26.2 Å². The minimum Gasteiger partial charge on any atom is -0.353 e. The van der Waals surface area contributed by atoms with Gasteiger partial charge in [0.2, 0.25) is 5.91 Å². The molecule has 25 heavy (non-hydrogen) atoms. The number of likely N-dealkylation sites (tertiary alicyclic amines) is 2. The second-order valence-electron chi connectivity index (χ2n) is 7.94. The molecule has 2 aliphatic rings. The fourth-order valence-electron chi connectivity index (χ4n) is 4.01. The van der Waals surface area contributed by atoms with E-state index in [1.54, 1.807) is 12.1 Å². The molecule has 2 aliphatic heterocycles. The molecular formula is C20H30FN3O. The molecule has 2 saturated heterocycles. The van der Waals surface area contributed by atoms with Crippen molar-refractivity contribution in [2.24, 2.45) is 0 Å². The van der Waals surface area contributed by atoms with Crippen LogP contribution in [0.25, 0.3) is 0 Å². The van der Waals surface area contributed by atoms with Crippen LogP contribution in [0.3, 0.4) is 0 Å². The van der Waals surface area contributed by atoms with Gasteiger partial charge in [0.25, 0.3) is 0 Å². The monoisotopic (exact) mass is 347 g/mol. The summed E-state index contributed by atoms with van der Waals surface area (Å²) in [7, 11) is 0. The first kappa shape index (κ1) is 18.3. The number of rotatable bonds is 6. The Labute approximate surface area is 150 Å². The third-order valence-corrected chi connectivity index (χ3v) is 5.65. The molecule has 3 rings (SSSR count). The van der Waals surface area contributed by atoms with E-state index in [-0.39, 0.29) is 23.3 Å². The summed E-state index contributed by atoms with van der Waals surface area (Å²) in [5, 5.41) is 3.16. The highest BCUT2D eigenvalue weighted by Gasteiger charge is 2.34. The Morgan fingerprint density at radius 1 is 1.20 bits per heavy atom. The van der Waals surface area contributed by atoms with Crippen LogP contribution >= 0.6 is 0 Å². The Bertz CT molecular complexity index is 598. The maximum atomic E-state index is 13.9. The van der Waals surface area contributed by atoms with E-state index in [2.05, 4.69) is 29.0 Å². The van der Waals surface area contributed by atoms with Crippen LogP contribution in [0.5, 0.6) is 0 Å². The Balaban J connectivity index is 1.56. The summed E-state index contributed by atoms with van der Waals surface area (Å²) < 4.78 is 13.9. The van der Waals surface area contributed by atoms with Crippen molar-refractivity contribution in [3.05, 3.63) is 35.6 Å². The van der Waals surface area contributed by atoms with Gasteiger partial charge < -0.3 is 5.32 Å². The molecule has 0 saturated carbocycles. The summed E-state index contributed by atoms with van der Waals surface area (Å²) in [6.07, 6.45) is 4.33. The highest BCUT2D eigenvalue weighted by molar-refractivity contribution is 5.82. The lowest BCUT2D eigenvalue weighted by atomic mass is 10.0. The summed E-state index contributed by atoms with van der Waals surface area (Å²) in [5.74, 6) is -0.107. The number of halogens is 1. The molecule has 0 radical (unpaired) electrons. The van der Waals surface area contributed by atoms with Crippen molar-refractivity contribution in [1.82, 2.24) is 15.1 Å². The standard InChI is InChI=1S/C20H30FN3O/c1-20(2,24-12-5-6-13-24)15-22-19(25)18-10-7-11-23(18)14-16-8-3-4-9-17(16)21/h3-4,8-9,18H,5-7,10-15H2,1-2H3,(H,22,25). The van der Waals surface area contributed by atoms with E-state index in [0.29, 0.717) is 18.7 Å². The van der Waals surface area contributed by atoms with Crippen LogP contribution in [-0.2, 0) is 11.3 Å². The number of amides is 1. The Morgan fingerprint density at radius 3 is 2.64 bits per heavy atom. The van der Waals surface area contributed by atoms with E-state index < -0.39 is 0 Å². The molecule has 2 fully saturated rings. The zero-order chi connectivity index (χ0) is 17.9. The number of hydrogen-bond acceptors (Lipinski definition) is 3. The van der Waals surface area contributed by atoms with Crippen molar-refractivity contribution in [1.29, 1.82) is 0 Å². The highest BCUT2D eigenvalue weighted by Crippen LogP contribution is 2.23. The van der Waals surface area contributed by atoms with Gasteiger partial charge in [-0.3, -0.25) is 14.6 Å². The first-order valence-corrected chi connectivity index (χ1v) is 9.47. The van der Waals surface area contributed by atoms with E-state index >= 15 is 0 Å². The molecule has 0 bridgehead atoms. The zero-order valence-corrected chi connectivity index (χ0v) is 15.4. The first-order valence-electron chi connectivity index (χ1n) is 9.47. The Hall–Kier alpha value is -1.46. The topological polar surface area (TPSA) is 35.6 Å². The van der Waals surface area contributed by atoms with Crippen LogP contribution in [0.15, 0.2) is 24.3 Å². The van der Waals surface area contributed by atoms with Gasteiger partial charge in [0.15, 0.2) is 0 Å². The lowest BCUT2D eigenvalue weighted by molar-refractivity contribution is -0.126. The van der Waals surface area contributed by atoms with Crippen LogP contribution < -0.4 is 5.32 Å². The van der Waals surface area contributed by atoms with Gasteiger partial charge >= 0.3 is 0 Å². The second-order valence-corrected chi connectivity index (χ2v) is 7.94. The summed E-state index contributed by atoms with van der Waals surface area (Å²) in [6, 6.07) is 6.70. The van der Waals surface area contributed by atoms with Gasteiger partial charge in [-0.1, -0.05) is 18.2 Å². The summed E-state index contributed by atoms with van der Waals surface area (Å²) >= 11 is 0. The number of carbonyl (C=O) groups excluding carboxylic acids is 1. The molecule has 5 heteroatoms. The van der Waals surface area contributed by atoms with Gasteiger partial charge in [-0.05, 0) is 65.2 Å². The number of benzene rings is 1. The average Bonchev–Trinajstić information content (AvgIpc) is 3.26. The lowest BCUT2D eigenvalue weighted by Gasteiger charge is -2.36. The smallest absolute Gasteiger partial charge is 0.237 e. The molecule has 1 aromatic carbocycles. The van der Waals surface area contributed by atoms with E-state index in [1.807, 2.05) is 6.07 Å². The second kappa shape index (κ2) is 7.83. The van der Waals surface area contributed by atoms with Crippen LogP contribution in [0.4, 0.5) is 4.39 Å². The van der Waals surface area contributed by atoms with Crippen LogP contribution in [0, 0.1) is 5.82 Å². The highest BCUT2D eigenvalue weighted by atomic mass is 19.1. The van der Waals surface area contributed by atoms with Gasteiger partial charge in [0.1, 0.15) is 5.82 Å². The minimum absolute atomic E-state index is 0.0128. The molecule has 0 spiro atoms. The van der Waals surface area contributed by atoms with Gasteiger partial charge in [-0.25, -0.2) is 4.39 Å². The van der Waals surface area contributed by atoms with Crippen molar-refractivity contribution in [3.63, 3.8) is 0 Å². The predicted molar refractivity (Wildman–Crippen MR) is 97.7 cm³/mol. The number of nitrogens with one attached hydrogen (secondary N) is 1. The molecule has 0 aromatic heterocycles. The average molecular weight is 347 g/mol. The molecule has 1 amide bonds. The third-order valence-electron chi connectivity index (χ3n) is 5.65. The van der Waals surface area contributed by atoms with Crippen molar-refractivity contribution >= 4 is 5.91 Å². The molecule has 138 valence electrons. The molecule has 1 unspecified atom stereocenters. The Kier molecular flexibility index (Phi) is 5.74. The van der Waals surface area contributed by atoms with Crippen LogP contribution in [0.1, 0.15) is 45.1 Å². The van der Waals surface area contributed by atoms with Gasteiger partial charge in [0.05, 0.1) is 6.04 Å². The lowest BCUT2D eigenvalue weighted by Crippen LogP contribution is -2.53. The van der Waals surface area contributed by atoms with Crippen LogP contribution in [-0.4, -0.2) is 53.5 Å². The Morgan fingerprint density at radius 2 is 1.92 bits per heavy atom. The van der Waals surface area contributed by atoms with E-state index in [4.69, 9.17) is 0 Å². The fourth-order valence-corrected chi connectivity index (χ4v) is 4.01. The first-order chi connectivity index (χ1) is 12.0. The molecular weight excluding hydrogens is 317 g/mol. The normalized spacial score (nSPS) is 22.4. The molecule has 1 aromatic rings. The fraction of sp³-hybridized carbons (Fsp3) is 0.650. The molecule has 1 atom stereocenters. The van der Waals surface area contributed by atoms with Crippen molar-refractivity contribution < 1.29 is 9.18 Å². The third kappa shape index (κ3) is 4.39. The van der Waals surface area contributed by atoms with Crippen molar-refractivity contribution in [3.8, 4) is 0 Å². The zero-order valence-electron chi connectivity index (χ0n) is 15.4. The number of hydrogen-bond donors (Lipinski definition) is 1. The predicted octanol–water partition coefficient (Wildman–Crippen LogP) is 2.78. The maximum absolute atomic E-state index is 13.9. The molecule has 0 aliphatic carbocycles. The molecule has 2 heterocycles. The molecule has 4 nitrogen and oxygen atoms in total. The summed E-state index contributed by atoms with van der Waals surface area (Å²) in [5.41, 5.74) is 0.654. The largest absolute Gasteiger partial charge is 0.353 e. The summed E-state index contributed by atoms with van der Waals surface area (Å²) in [6.45, 7) is 8.64. The maximum Gasteiger partial charge on any atom is 0.237 e.